The maximum atomic E-state index is 11.9. The first-order valence-corrected chi connectivity index (χ1v) is 6.93. The number of halogens is 1. The summed E-state index contributed by atoms with van der Waals surface area (Å²) in [5.74, 6) is -0.600. The summed E-state index contributed by atoms with van der Waals surface area (Å²) in [6.07, 6.45) is 0.950. The summed E-state index contributed by atoms with van der Waals surface area (Å²) in [6.45, 7) is 3.08. The SMILES string of the molecule is Cc1ccc(C(=O)[C@](C)(Cl)S(C)(=O)=O)cc1. The van der Waals surface area contributed by atoms with Gasteiger partial charge in [-0.05, 0) is 13.8 Å². The molecule has 0 aromatic heterocycles. The Morgan fingerprint density at radius 3 is 2.06 bits per heavy atom. The van der Waals surface area contributed by atoms with E-state index in [9.17, 15) is 13.2 Å². The molecule has 0 aliphatic heterocycles. The normalized spacial score (nSPS) is 15.5. The quantitative estimate of drug-likeness (QED) is 0.618. The molecule has 0 bridgehead atoms. The van der Waals surface area contributed by atoms with Gasteiger partial charge in [-0.1, -0.05) is 41.4 Å². The third kappa shape index (κ3) is 2.44. The Hall–Kier alpha value is -0.870. The van der Waals surface area contributed by atoms with E-state index in [0.717, 1.165) is 11.8 Å². The zero-order valence-corrected chi connectivity index (χ0v) is 10.9. The van der Waals surface area contributed by atoms with Gasteiger partial charge in [-0.15, -0.1) is 0 Å². The lowest BCUT2D eigenvalue weighted by Gasteiger charge is -2.18. The Morgan fingerprint density at radius 2 is 1.69 bits per heavy atom. The summed E-state index contributed by atoms with van der Waals surface area (Å²) in [6, 6.07) is 6.62. The van der Waals surface area contributed by atoms with Crippen LogP contribution in [0.1, 0.15) is 22.8 Å². The van der Waals surface area contributed by atoms with Crippen molar-refractivity contribution in [1.82, 2.24) is 0 Å². The molecule has 0 heterocycles. The number of alkyl halides is 1. The summed E-state index contributed by atoms with van der Waals surface area (Å²) < 4.78 is 20.9. The van der Waals surface area contributed by atoms with E-state index in [0.29, 0.717) is 5.56 Å². The molecule has 1 atom stereocenters. The van der Waals surface area contributed by atoms with Crippen LogP contribution < -0.4 is 0 Å². The summed E-state index contributed by atoms with van der Waals surface area (Å²) >= 11 is 5.80. The minimum atomic E-state index is -3.64. The highest BCUT2D eigenvalue weighted by atomic mass is 35.5. The molecule has 1 rings (SSSR count). The van der Waals surface area contributed by atoms with Gasteiger partial charge >= 0.3 is 0 Å². The summed E-state index contributed by atoms with van der Waals surface area (Å²) in [5.41, 5.74) is 1.29. The zero-order valence-electron chi connectivity index (χ0n) is 9.32. The molecule has 0 fully saturated rings. The van der Waals surface area contributed by atoms with Crippen LogP contribution in [-0.2, 0) is 9.84 Å². The van der Waals surface area contributed by atoms with Gasteiger partial charge in [0.25, 0.3) is 0 Å². The number of hydrogen-bond donors (Lipinski definition) is 0. The van der Waals surface area contributed by atoms with E-state index in [1.54, 1.807) is 24.3 Å². The standard InChI is InChI=1S/C11H13ClO3S/c1-8-4-6-9(7-5-8)10(13)11(2,12)16(3,14)15/h4-7H,1-3H3/t11-/m1/s1. The highest BCUT2D eigenvalue weighted by molar-refractivity contribution is 7.94. The van der Waals surface area contributed by atoms with E-state index >= 15 is 0 Å². The second-order valence-corrected chi connectivity index (χ2v) is 7.22. The van der Waals surface area contributed by atoms with Crippen molar-refractivity contribution in [2.75, 3.05) is 6.26 Å². The topological polar surface area (TPSA) is 51.2 Å². The Labute approximate surface area is 100 Å². The van der Waals surface area contributed by atoms with E-state index in [1.807, 2.05) is 6.92 Å². The van der Waals surface area contributed by atoms with Crippen molar-refractivity contribution >= 4 is 27.2 Å². The summed E-state index contributed by atoms with van der Waals surface area (Å²) in [5, 5.41) is 0. The van der Waals surface area contributed by atoms with Gasteiger partial charge in [0.05, 0.1) is 0 Å². The van der Waals surface area contributed by atoms with Gasteiger partial charge in [0.2, 0.25) is 4.21 Å². The van der Waals surface area contributed by atoms with Crippen LogP contribution in [0.5, 0.6) is 0 Å². The summed E-state index contributed by atoms with van der Waals surface area (Å²) in [7, 11) is -3.64. The fourth-order valence-corrected chi connectivity index (χ4v) is 1.69. The van der Waals surface area contributed by atoms with Crippen molar-refractivity contribution in [1.29, 1.82) is 0 Å². The van der Waals surface area contributed by atoms with E-state index in [4.69, 9.17) is 11.6 Å². The maximum absolute atomic E-state index is 11.9. The van der Waals surface area contributed by atoms with Crippen LogP contribution in [0.25, 0.3) is 0 Å². The summed E-state index contributed by atoms with van der Waals surface area (Å²) in [4.78, 5) is 11.9. The molecule has 3 nitrogen and oxygen atoms in total. The van der Waals surface area contributed by atoms with Crippen LogP contribution in [0, 0.1) is 6.92 Å². The highest BCUT2D eigenvalue weighted by Crippen LogP contribution is 2.26. The van der Waals surface area contributed by atoms with Crippen LogP contribution in [0.4, 0.5) is 0 Å². The predicted molar refractivity (Wildman–Crippen MR) is 64.6 cm³/mol. The van der Waals surface area contributed by atoms with Gasteiger partial charge in [0.15, 0.2) is 15.6 Å². The molecule has 1 aromatic carbocycles. The van der Waals surface area contributed by atoms with Gasteiger partial charge in [0, 0.05) is 11.8 Å². The molecule has 0 spiro atoms. The Balaban J connectivity index is 3.18. The van der Waals surface area contributed by atoms with Crippen molar-refractivity contribution < 1.29 is 13.2 Å². The number of aryl methyl sites for hydroxylation is 1. The van der Waals surface area contributed by atoms with Crippen LogP contribution in [0.15, 0.2) is 24.3 Å². The van der Waals surface area contributed by atoms with Gasteiger partial charge in [-0.2, -0.15) is 0 Å². The van der Waals surface area contributed by atoms with E-state index in [-0.39, 0.29) is 0 Å². The van der Waals surface area contributed by atoms with Crippen LogP contribution in [0.2, 0.25) is 0 Å². The third-order valence-electron chi connectivity index (χ3n) is 2.42. The second-order valence-electron chi connectivity index (χ2n) is 3.88. The van der Waals surface area contributed by atoms with Gasteiger partial charge < -0.3 is 0 Å². The number of ketones is 1. The lowest BCUT2D eigenvalue weighted by molar-refractivity contribution is 0.0978. The average molecular weight is 261 g/mol. The molecule has 0 aliphatic carbocycles. The largest absolute Gasteiger partial charge is 0.291 e. The van der Waals surface area contributed by atoms with Crippen molar-refractivity contribution in [3.05, 3.63) is 35.4 Å². The number of sulfone groups is 1. The molecular weight excluding hydrogens is 248 g/mol. The molecule has 0 N–H and O–H groups in total. The Bertz CT molecular complexity index is 501. The van der Waals surface area contributed by atoms with Crippen LogP contribution in [0.3, 0.4) is 0 Å². The van der Waals surface area contributed by atoms with Gasteiger partial charge in [-0.25, -0.2) is 8.42 Å². The smallest absolute Gasteiger partial charge is 0.204 e. The molecule has 88 valence electrons. The van der Waals surface area contributed by atoms with Crippen LogP contribution in [-0.4, -0.2) is 24.7 Å². The third-order valence-corrected chi connectivity index (χ3v) is 5.01. The maximum Gasteiger partial charge on any atom is 0.204 e. The molecule has 1 aromatic rings. The van der Waals surface area contributed by atoms with Crippen molar-refractivity contribution in [2.24, 2.45) is 0 Å². The number of benzene rings is 1. The average Bonchev–Trinajstić information content (AvgIpc) is 2.16. The first kappa shape index (κ1) is 13.2. The number of hydrogen-bond acceptors (Lipinski definition) is 3. The van der Waals surface area contributed by atoms with Crippen molar-refractivity contribution in [3.63, 3.8) is 0 Å². The monoisotopic (exact) mass is 260 g/mol. The number of carbonyl (C=O) groups excluding carboxylic acids is 1. The van der Waals surface area contributed by atoms with Crippen molar-refractivity contribution in [3.8, 4) is 0 Å². The molecule has 0 aliphatic rings. The number of Topliss-reactive ketones (excluding diaryl/α,β-unsaturated/α-hetero) is 1. The van der Waals surface area contributed by atoms with E-state index in [2.05, 4.69) is 0 Å². The molecule has 0 saturated carbocycles. The minimum absolute atomic E-state index is 0.300. The van der Waals surface area contributed by atoms with E-state index < -0.39 is 19.8 Å². The lowest BCUT2D eigenvalue weighted by Crippen LogP contribution is -2.37. The minimum Gasteiger partial charge on any atom is -0.291 e. The number of rotatable bonds is 3. The van der Waals surface area contributed by atoms with Gasteiger partial charge in [0.1, 0.15) is 0 Å². The highest BCUT2D eigenvalue weighted by Gasteiger charge is 2.41. The Kier molecular flexibility index (Phi) is 3.45. The second kappa shape index (κ2) is 4.18. The number of carbonyl (C=O) groups is 1. The Morgan fingerprint density at radius 1 is 1.25 bits per heavy atom. The van der Waals surface area contributed by atoms with Gasteiger partial charge in [-0.3, -0.25) is 4.79 Å². The predicted octanol–water partition coefficient (Wildman–Crippen LogP) is 2.18. The van der Waals surface area contributed by atoms with E-state index in [1.165, 1.54) is 6.92 Å². The molecular formula is C11H13ClO3S. The first-order valence-electron chi connectivity index (χ1n) is 4.66. The lowest BCUT2D eigenvalue weighted by atomic mass is 10.1. The molecule has 5 heteroatoms. The molecule has 0 saturated heterocycles. The fourth-order valence-electron chi connectivity index (χ4n) is 1.13. The molecule has 0 unspecified atom stereocenters. The molecule has 0 amide bonds. The first-order chi connectivity index (χ1) is 7.16. The van der Waals surface area contributed by atoms with Crippen LogP contribution >= 0.6 is 11.6 Å². The van der Waals surface area contributed by atoms with Crippen molar-refractivity contribution in [2.45, 2.75) is 18.1 Å². The fraction of sp³-hybridized carbons (Fsp3) is 0.364. The zero-order chi connectivity index (χ0) is 12.6. The molecule has 16 heavy (non-hydrogen) atoms. The molecule has 0 radical (unpaired) electrons.